The van der Waals surface area contributed by atoms with E-state index in [9.17, 15) is 0 Å². The highest BCUT2D eigenvalue weighted by Crippen LogP contribution is 2.25. The van der Waals surface area contributed by atoms with E-state index >= 15 is 0 Å². The average Bonchev–Trinajstić information content (AvgIpc) is 2.76. The highest BCUT2D eigenvalue weighted by molar-refractivity contribution is 7.09. The summed E-state index contributed by atoms with van der Waals surface area (Å²) < 4.78 is 0. The fourth-order valence-electron chi connectivity index (χ4n) is 1.49. The first kappa shape index (κ1) is 11.4. The molecule has 0 spiro atoms. The van der Waals surface area contributed by atoms with E-state index in [-0.39, 0.29) is 6.04 Å². The minimum Gasteiger partial charge on any atom is -0.376 e. The monoisotopic (exact) mass is 252 g/mol. The Balaban J connectivity index is 2.17. The third-order valence-electron chi connectivity index (χ3n) is 2.39. The van der Waals surface area contributed by atoms with Gasteiger partial charge >= 0.3 is 0 Å². The van der Waals surface area contributed by atoms with Crippen molar-refractivity contribution in [3.8, 4) is 0 Å². The van der Waals surface area contributed by atoms with Gasteiger partial charge in [0.05, 0.1) is 6.04 Å². The molecule has 1 aromatic heterocycles. The Hall–Kier alpha value is -1.06. The standard InChI is InChI=1S/C12H13ClN2S/c1-8-3-4-10(13)7-11(8)15-9(2)12-14-5-6-16-12/h3-7,9,15H,1-2H3. The summed E-state index contributed by atoms with van der Waals surface area (Å²) in [5.41, 5.74) is 2.25. The molecule has 0 amide bonds. The lowest BCUT2D eigenvalue weighted by atomic mass is 10.2. The highest BCUT2D eigenvalue weighted by Gasteiger charge is 2.09. The smallest absolute Gasteiger partial charge is 0.115 e. The number of aromatic nitrogens is 1. The molecule has 2 rings (SSSR count). The van der Waals surface area contributed by atoms with Crippen molar-refractivity contribution in [1.82, 2.24) is 4.98 Å². The highest BCUT2D eigenvalue weighted by atomic mass is 35.5. The number of anilines is 1. The first-order valence-electron chi connectivity index (χ1n) is 5.09. The fraction of sp³-hybridized carbons (Fsp3) is 0.250. The molecule has 0 saturated heterocycles. The van der Waals surface area contributed by atoms with Gasteiger partial charge in [-0.25, -0.2) is 4.98 Å². The van der Waals surface area contributed by atoms with E-state index in [1.165, 1.54) is 5.56 Å². The van der Waals surface area contributed by atoms with E-state index in [2.05, 4.69) is 24.1 Å². The van der Waals surface area contributed by atoms with E-state index in [4.69, 9.17) is 11.6 Å². The zero-order valence-corrected chi connectivity index (χ0v) is 10.8. The number of aryl methyl sites for hydroxylation is 1. The summed E-state index contributed by atoms with van der Waals surface area (Å²) in [4.78, 5) is 4.29. The van der Waals surface area contributed by atoms with Gasteiger partial charge in [0.2, 0.25) is 0 Å². The Morgan fingerprint density at radius 2 is 2.25 bits per heavy atom. The first-order valence-corrected chi connectivity index (χ1v) is 6.34. The molecule has 0 aliphatic carbocycles. The maximum absolute atomic E-state index is 5.97. The number of nitrogens with one attached hydrogen (secondary N) is 1. The van der Waals surface area contributed by atoms with Crippen molar-refractivity contribution in [3.05, 3.63) is 45.4 Å². The second-order valence-corrected chi connectivity index (χ2v) is 5.06. The van der Waals surface area contributed by atoms with Crippen LogP contribution >= 0.6 is 22.9 Å². The molecule has 4 heteroatoms. The van der Waals surface area contributed by atoms with Crippen LogP contribution in [0.2, 0.25) is 5.02 Å². The minimum absolute atomic E-state index is 0.206. The summed E-state index contributed by atoms with van der Waals surface area (Å²) in [5.74, 6) is 0. The maximum atomic E-state index is 5.97. The van der Waals surface area contributed by atoms with Gasteiger partial charge in [0.25, 0.3) is 0 Å². The molecular weight excluding hydrogens is 240 g/mol. The molecule has 0 bridgehead atoms. The minimum atomic E-state index is 0.206. The summed E-state index contributed by atoms with van der Waals surface area (Å²) >= 11 is 7.63. The second-order valence-electron chi connectivity index (χ2n) is 3.70. The fourth-order valence-corrected chi connectivity index (χ4v) is 2.31. The molecule has 1 atom stereocenters. The van der Waals surface area contributed by atoms with Gasteiger partial charge in [0, 0.05) is 22.3 Å². The van der Waals surface area contributed by atoms with Crippen LogP contribution in [0.15, 0.2) is 29.8 Å². The van der Waals surface area contributed by atoms with Gasteiger partial charge in [-0.3, -0.25) is 0 Å². The van der Waals surface area contributed by atoms with Crippen LogP contribution in [-0.2, 0) is 0 Å². The van der Waals surface area contributed by atoms with Gasteiger partial charge in [-0.05, 0) is 31.5 Å². The van der Waals surface area contributed by atoms with Crippen molar-refractivity contribution in [2.45, 2.75) is 19.9 Å². The van der Waals surface area contributed by atoms with Crippen molar-refractivity contribution >= 4 is 28.6 Å². The molecule has 0 radical (unpaired) electrons. The van der Waals surface area contributed by atoms with Gasteiger partial charge in [0.1, 0.15) is 5.01 Å². The number of halogens is 1. The van der Waals surface area contributed by atoms with Crippen LogP contribution < -0.4 is 5.32 Å². The lowest BCUT2D eigenvalue weighted by Gasteiger charge is -2.15. The summed E-state index contributed by atoms with van der Waals surface area (Å²) in [6, 6.07) is 6.06. The van der Waals surface area contributed by atoms with Crippen molar-refractivity contribution in [2.75, 3.05) is 5.32 Å². The molecule has 0 saturated carbocycles. The van der Waals surface area contributed by atoms with E-state index in [1.807, 2.05) is 29.8 Å². The topological polar surface area (TPSA) is 24.9 Å². The molecule has 1 heterocycles. The van der Waals surface area contributed by atoms with Crippen LogP contribution in [0.3, 0.4) is 0 Å². The lowest BCUT2D eigenvalue weighted by molar-refractivity contribution is 0.868. The summed E-state index contributed by atoms with van der Waals surface area (Å²) in [5, 5.41) is 7.23. The summed E-state index contributed by atoms with van der Waals surface area (Å²) in [6.45, 7) is 4.16. The second kappa shape index (κ2) is 4.85. The molecule has 16 heavy (non-hydrogen) atoms. The predicted octanol–water partition coefficient (Wildman–Crippen LogP) is 4.28. The molecule has 0 aliphatic rings. The number of rotatable bonds is 3. The van der Waals surface area contributed by atoms with Crippen LogP contribution in [0, 0.1) is 6.92 Å². The Morgan fingerprint density at radius 3 is 2.94 bits per heavy atom. The number of hydrogen-bond donors (Lipinski definition) is 1. The van der Waals surface area contributed by atoms with Crippen molar-refractivity contribution < 1.29 is 0 Å². The quantitative estimate of drug-likeness (QED) is 0.882. The van der Waals surface area contributed by atoms with Crippen LogP contribution in [-0.4, -0.2) is 4.98 Å². The van der Waals surface area contributed by atoms with E-state index in [1.54, 1.807) is 11.3 Å². The van der Waals surface area contributed by atoms with Gasteiger partial charge < -0.3 is 5.32 Å². The largest absolute Gasteiger partial charge is 0.376 e. The molecule has 1 unspecified atom stereocenters. The lowest BCUT2D eigenvalue weighted by Crippen LogP contribution is -2.07. The third kappa shape index (κ3) is 2.54. The maximum Gasteiger partial charge on any atom is 0.115 e. The number of nitrogens with zero attached hydrogens (tertiary/aromatic N) is 1. The van der Waals surface area contributed by atoms with E-state index < -0.39 is 0 Å². The molecular formula is C12H13ClN2S. The molecule has 0 fully saturated rings. The Morgan fingerprint density at radius 1 is 1.44 bits per heavy atom. The van der Waals surface area contributed by atoms with Gasteiger partial charge in [0.15, 0.2) is 0 Å². The number of hydrogen-bond acceptors (Lipinski definition) is 3. The normalized spacial score (nSPS) is 12.4. The van der Waals surface area contributed by atoms with Crippen LogP contribution in [0.25, 0.3) is 0 Å². The molecule has 1 N–H and O–H groups in total. The Labute approximate surface area is 104 Å². The Kier molecular flexibility index (Phi) is 3.46. The molecule has 1 aromatic carbocycles. The van der Waals surface area contributed by atoms with Crippen molar-refractivity contribution in [1.29, 1.82) is 0 Å². The SMILES string of the molecule is Cc1ccc(Cl)cc1NC(C)c1nccs1. The summed E-state index contributed by atoms with van der Waals surface area (Å²) in [7, 11) is 0. The number of thiazole rings is 1. The first-order chi connectivity index (χ1) is 7.66. The molecule has 2 nitrogen and oxygen atoms in total. The number of benzene rings is 1. The van der Waals surface area contributed by atoms with E-state index in [0.29, 0.717) is 0 Å². The zero-order valence-electron chi connectivity index (χ0n) is 9.20. The van der Waals surface area contributed by atoms with Gasteiger partial charge in [-0.2, -0.15) is 0 Å². The zero-order chi connectivity index (χ0) is 11.5. The van der Waals surface area contributed by atoms with Crippen LogP contribution in [0.4, 0.5) is 5.69 Å². The summed E-state index contributed by atoms with van der Waals surface area (Å²) in [6.07, 6.45) is 1.82. The molecule has 84 valence electrons. The molecule has 2 aromatic rings. The average molecular weight is 253 g/mol. The van der Waals surface area contributed by atoms with Crippen molar-refractivity contribution in [2.24, 2.45) is 0 Å². The van der Waals surface area contributed by atoms with E-state index in [0.717, 1.165) is 15.7 Å². The Bertz CT molecular complexity index is 468. The predicted molar refractivity (Wildman–Crippen MR) is 70.3 cm³/mol. The van der Waals surface area contributed by atoms with Crippen LogP contribution in [0.1, 0.15) is 23.5 Å². The van der Waals surface area contributed by atoms with Gasteiger partial charge in [-0.15, -0.1) is 11.3 Å². The van der Waals surface area contributed by atoms with Crippen molar-refractivity contribution in [3.63, 3.8) is 0 Å². The third-order valence-corrected chi connectivity index (χ3v) is 3.59. The molecule has 0 aliphatic heterocycles. The van der Waals surface area contributed by atoms with Crippen LogP contribution in [0.5, 0.6) is 0 Å². The van der Waals surface area contributed by atoms with Gasteiger partial charge in [-0.1, -0.05) is 17.7 Å².